The van der Waals surface area contributed by atoms with Crippen LogP contribution in [0, 0.1) is 0 Å². The molecule has 0 aromatic carbocycles. The van der Waals surface area contributed by atoms with Crippen LogP contribution in [0.3, 0.4) is 0 Å². The van der Waals surface area contributed by atoms with Gasteiger partial charge < -0.3 is 15.4 Å². The number of aliphatic hydroxyl groups excluding tert-OH is 1. The topological polar surface area (TPSA) is 78.0 Å². The van der Waals surface area contributed by atoms with E-state index in [1.54, 1.807) is 0 Å². The number of aromatic nitrogens is 2. The number of anilines is 1. The van der Waals surface area contributed by atoms with Gasteiger partial charge in [0.15, 0.2) is 0 Å². The van der Waals surface area contributed by atoms with Gasteiger partial charge in [-0.05, 0) is 12.8 Å². The van der Waals surface area contributed by atoms with E-state index in [4.69, 9.17) is 0 Å². The monoisotopic (exact) mass is 197 g/mol. The van der Waals surface area contributed by atoms with E-state index in [1.165, 1.54) is 12.4 Å². The van der Waals surface area contributed by atoms with Crippen molar-refractivity contribution in [3.63, 3.8) is 0 Å². The SMILES string of the molecule is CCC(O)CCNc1cc(=O)[nH]cn1. The van der Waals surface area contributed by atoms with Gasteiger partial charge in [-0.1, -0.05) is 6.92 Å². The van der Waals surface area contributed by atoms with Crippen molar-refractivity contribution in [3.05, 3.63) is 22.7 Å². The van der Waals surface area contributed by atoms with Gasteiger partial charge in [0.05, 0.1) is 12.4 Å². The standard InChI is InChI=1S/C9H15N3O2/c1-2-7(13)3-4-10-8-5-9(14)12-6-11-8/h5-7,13H,2-4H2,1H3,(H2,10,11,12,14). The van der Waals surface area contributed by atoms with Crippen molar-refractivity contribution < 1.29 is 5.11 Å². The van der Waals surface area contributed by atoms with Crippen molar-refractivity contribution >= 4 is 5.82 Å². The first-order valence-corrected chi connectivity index (χ1v) is 4.69. The highest BCUT2D eigenvalue weighted by Gasteiger charge is 2.00. The highest BCUT2D eigenvalue weighted by atomic mass is 16.3. The highest BCUT2D eigenvalue weighted by Crippen LogP contribution is 1.99. The third kappa shape index (κ3) is 3.57. The molecule has 0 saturated carbocycles. The molecule has 0 fully saturated rings. The van der Waals surface area contributed by atoms with Crippen LogP contribution in [0.15, 0.2) is 17.2 Å². The Hall–Kier alpha value is -1.36. The molecular weight excluding hydrogens is 182 g/mol. The van der Waals surface area contributed by atoms with Crippen LogP contribution in [-0.2, 0) is 0 Å². The number of nitrogens with zero attached hydrogens (tertiary/aromatic N) is 1. The molecule has 14 heavy (non-hydrogen) atoms. The van der Waals surface area contributed by atoms with Gasteiger partial charge in [-0.3, -0.25) is 4.79 Å². The van der Waals surface area contributed by atoms with Gasteiger partial charge in [0.2, 0.25) is 0 Å². The molecule has 1 aromatic heterocycles. The van der Waals surface area contributed by atoms with Gasteiger partial charge in [-0.2, -0.15) is 0 Å². The molecule has 0 radical (unpaired) electrons. The number of aliphatic hydroxyl groups is 1. The van der Waals surface area contributed by atoms with Gasteiger partial charge >= 0.3 is 0 Å². The van der Waals surface area contributed by atoms with E-state index in [2.05, 4.69) is 15.3 Å². The molecule has 1 aromatic rings. The largest absolute Gasteiger partial charge is 0.393 e. The summed E-state index contributed by atoms with van der Waals surface area (Å²) in [5.41, 5.74) is -0.182. The molecule has 5 nitrogen and oxygen atoms in total. The zero-order valence-corrected chi connectivity index (χ0v) is 8.16. The summed E-state index contributed by atoms with van der Waals surface area (Å²) in [6.07, 6.45) is 2.46. The number of hydrogen-bond acceptors (Lipinski definition) is 4. The van der Waals surface area contributed by atoms with Crippen LogP contribution in [0.5, 0.6) is 0 Å². The molecular formula is C9H15N3O2. The Labute approximate surface area is 82.2 Å². The normalized spacial score (nSPS) is 12.4. The van der Waals surface area contributed by atoms with E-state index in [-0.39, 0.29) is 11.7 Å². The summed E-state index contributed by atoms with van der Waals surface area (Å²) in [6, 6.07) is 1.39. The minimum absolute atomic E-state index is 0.182. The number of aromatic amines is 1. The van der Waals surface area contributed by atoms with Crippen molar-refractivity contribution in [3.8, 4) is 0 Å². The van der Waals surface area contributed by atoms with Crippen LogP contribution < -0.4 is 10.9 Å². The summed E-state index contributed by atoms with van der Waals surface area (Å²) >= 11 is 0. The fourth-order valence-corrected chi connectivity index (χ4v) is 1.04. The minimum Gasteiger partial charge on any atom is -0.393 e. The zero-order valence-electron chi connectivity index (χ0n) is 8.16. The zero-order chi connectivity index (χ0) is 10.4. The lowest BCUT2D eigenvalue weighted by Crippen LogP contribution is -2.14. The Morgan fingerprint density at radius 2 is 2.50 bits per heavy atom. The average molecular weight is 197 g/mol. The summed E-state index contributed by atoms with van der Waals surface area (Å²) < 4.78 is 0. The first kappa shape index (κ1) is 10.7. The maximum atomic E-state index is 10.9. The summed E-state index contributed by atoms with van der Waals surface area (Å²) in [6.45, 7) is 2.54. The van der Waals surface area contributed by atoms with Gasteiger partial charge in [0, 0.05) is 12.6 Å². The van der Waals surface area contributed by atoms with Crippen molar-refractivity contribution in [1.82, 2.24) is 9.97 Å². The summed E-state index contributed by atoms with van der Waals surface area (Å²) in [5, 5.41) is 12.2. The second-order valence-electron chi connectivity index (χ2n) is 3.07. The molecule has 3 N–H and O–H groups in total. The summed E-state index contributed by atoms with van der Waals surface area (Å²) in [7, 11) is 0. The quantitative estimate of drug-likeness (QED) is 0.636. The van der Waals surface area contributed by atoms with Crippen LogP contribution in [0.2, 0.25) is 0 Å². The maximum absolute atomic E-state index is 10.9. The van der Waals surface area contributed by atoms with Gasteiger partial charge in [-0.25, -0.2) is 4.98 Å². The summed E-state index contributed by atoms with van der Waals surface area (Å²) in [4.78, 5) is 17.2. The Bertz CT molecular complexity index is 324. The van der Waals surface area contributed by atoms with E-state index < -0.39 is 0 Å². The first-order chi connectivity index (χ1) is 6.72. The molecule has 0 aliphatic heterocycles. The molecule has 1 rings (SSSR count). The van der Waals surface area contributed by atoms with Gasteiger partial charge in [0.25, 0.3) is 5.56 Å². The molecule has 1 atom stereocenters. The number of rotatable bonds is 5. The van der Waals surface area contributed by atoms with E-state index >= 15 is 0 Å². The second-order valence-corrected chi connectivity index (χ2v) is 3.07. The molecule has 1 unspecified atom stereocenters. The fourth-order valence-electron chi connectivity index (χ4n) is 1.04. The first-order valence-electron chi connectivity index (χ1n) is 4.69. The molecule has 0 amide bonds. The molecule has 1 heterocycles. The van der Waals surface area contributed by atoms with Gasteiger partial charge in [0.1, 0.15) is 5.82 Å². The lowest BCUT2D eigenvalue weighted by atomic mass is 10.2. The van der Waals surface area contributed by atoms with Crippen molar-refractivity contribution in [2.24, 2.45) is 0 Å². The Morgan fingerprint density at radius 1 is 1.71 bits per heavy atom. The van der Waals surface area contributed by atoms with Gasteiger partial charge in [-0.15, -0.1) is 0 Å². The predicted molar refractivity (Wildman–Crippen MR) is 54.3 cm³/mol. The number of hydrogen-bond donors (Lipinski definition) is 3. The van der Waals surface area contributed by atoms with Crippen LogP contribution >= 0.6 is 0 Å². The van der Waals surface area contributed by atoms with Crippen LogP contribution in [0.25, 0.3) is 0 Å². The Kier molecular flexibility index (Phi) is 4.12. The van der Waals surface area contributed by atoms with Crippen LogP contribution in [0.4, 0.5) is 5.82 Å². The third-order valence-electron chi connectivity index (χ3n) is 1.93. The highest BCUT2D eigenvalue weighted by molar-refractivity contribution is 5.31. The predicted octanol–water partition coefficient (Wildman–Crippen LogP) is 0.343. The van der Waals surface area contributed by atoms with Crippen molar-refractivity contribution in [1.29, 1.82) is 0 Å². The fraction of sp³-hybridized carbons (Fsp3) is 0.556. The van der Waals surface area contributed by atoms with Crippen LogP contribution in [0.1, 0.15) is 19.8 Å². The molecule has 0 aliphatic rings. The Balaban J connectivity index is 2.35. The number of H-pyrrole nitrogens is 1. The number of nitrogens with one attached hydrogen (secondary N) is 2. The molecule has 0 bridgehead atoms. The summed E-state index contributed by atoms with van der Waals surface area (Å²) in [5.74, 6) is 0.539. The van der Waals surface area contributed by atoms with Crippen molar-refractivity contribution in [2.45, 2.75) is 25.9 Å². The second kappa shape index (κ2) is 5.39. The van der Waals surface area contributed by atoms with Crippen LogP contribution in [-0.4, -0.2) is 27.7 Å². The third-order valence-corrected chi connectivity index (χ3v) is 1.93. The van der Waals surface area contributed by atoms with E-state index in [9.17, 15) is 9.90 Å². The molecule has 78 valence electrons. The molecule has 0 aliphatic carbocycles. The Morgan fingerprint density at radius 3 is 3.14 bits per heavy atom. The van der Waals surface area contributed by atoms with E-state index in [0.717, 1.165) is 6.42 Å². The maximum Gasteiger partial charge on any atom is 0.252 e. The molecule has 0 spiro atoms. The van der Waals surface area contributed by atoms with E-state index in [0.29, 0.717) is 18.8 Å². The lowest BCUT2D eigenvalue weighted by Gasteiger charge is -2.08. The average Bonchev–Trinajstić information content (AvgIpc) is 2.17. The lowest BCUT2D eigenvalue weighted by molar-refractivity contribution is 0.164. The van der Waals surface area contributed by atoms with Crippen molar-refractivity contribution in [2.75, 3.05) is 11.9 Å². The smallest absolute Gasteiger partial charge is 0.252 e. The molecule has 0 saturated heterocycles. The minimum atomic E-state index is -0.288. The van der Waals surface area contributed by atoms with E-state index in [1.807, 2.05) is 6.92 Å². The molecule has 5 heteroatoms.